The molecule has 1 aromatic rings. The standard InChI is InChI=1S/C8H11FN2S/c9-6-2-1-5(3-6)7-4-12-8(10)11-7/h4-6H,1-3H2,(H2,10,11). The molecule has 2 nitrogen and oxygen atoms in total. The van der Waals surface area contributed by atoms with Crippen molar-refractivity contribution in [3.8, 4) is 0 Å². The minimum atomic E-state index is -0.627. The molecule has 1 aliphatic carbocycles. The summed E-state index contributed by atoms with van der Waals surface area (Å²) < 4.78 is 12.8. The lowest BCUT2D eigenvalue weighted by molar-refractivity contribution is 0.339. The molecule has 0 aliphatic heterocycles. The van der Waals surface area contributed by atoms with E-state index in [0.717, 1.165) is 12.1 Å². The van der Waals surface area contributed by atoms with Crippen LogP contribution in [0.4, 0.5) is 9.52 Å². The lowest BCUT2D eigenvalue weighted by Gasteiger charge is -2.02. The maximum Gasteiger partial charge on any atom is 0.180 e. The molecule has 2 N–H and O–H groups in total. The van der Waals surface area contributed by atoms with E-state index in [9.17, 15) is 4.39 Å². The fraction of sp³-hybridized carbons (Fsp3) is 0.625. The van der Waals surface area contributed by atoms with E-state index >= 15 is 0 Å². The van der Waals surface area contributed by atoms with Crippen LogP contribution in [0.3, 0.4) is 0 Å². The van der Waals surface area contributed by atoms with Crippen molar-refractivity contribution in [2.45, 2.75) is 31.4 Å². The van der Waals surface area contributed by atoms with Gasteiger partial charge in [-0.15, -0.1) is 11.3 Å². The number of thiazole rings is 1. The average molecular weight is 186 g/mol. The minimum absolute atomic E-state index is 0.313. The van der Waals surface area contributed by atoms with Gasteiger partial charge in [-0.3, -0.25) is 0 Å². The predicted octanol–water partition coefficient (Wildman–Crippen LogP) is 2.33. The van der Waals surface area contributed by atoms with Gasteiger partial charge in [0.05, 0.1) is 5.69 Å². The largest absolute Gasteiger partial charge is 0.375 e. The van der Waals surface area contributed by atoms with Gasteiger partial charge in [-0.1, -0.05) is 0 Å². The topological polar surface area (TPSA) is 38.9 Å². The van der Waals surface area contributed by atoms with Gasteiger partial charge in [-0.05, 0) is 19.3 Å². The number of anilines is 1. The summed E-state index contributed by atoms with van der Waals surface area (Å²) in [5.74, 6) is 0.313. The first-order valence-electron chi connectivity index (χ1n) is 4.10. The van der Waals surface area contributed by atoms with Crippen molar-refractivity contribution >= 4 is 16.5 Å². The van der Waals surface area contributed by atoms with Crippen LogP contribution in [0.5, 0.6) is 0 Å². The summed E-state index contributed by atoms with van der Waals surface area (Å²) in [6, 6.07) is 0. The highest BCUT2D eigenvalue weighted by Gasteiger charge is 2.26. The summed E-state index contributed by atoms with van der Waals surface area (Å²) >= 11 is 1.44. The molecule has 1 fully saturated rings. The van der Waals surface area contributed by atoms with E-state index in [0.29, 0.717) is 23.9 Å². The first-order valence-corrected chi connectivity index (χ1v) is 4.98. The Morgan fingerprint density at radius 2 is 2.42 bits per heavy atom. The van der Waals surface area contributed by atoms with Crippen LogP contribution < -0.4 is 5.73 Å². The van der Waals surface area contributed by atoms with E-state index in [-0.39, 0.29) is 0 Å². The van der Waals surface area contributed by atoms with Gasteiger partial charge >= 0.3 is 0 Å². The molecular weight excluding hydrogens is 175 g/mol. The molecule has 1 aliphatic rings. The molecule has 12 heavy (non-hydrogen) atoms. The fourth-order valence-electron chi connectivity index (χ4n) is 1.68. The number of aromatic nitrogens is 1. The van der Waals surface area contributed by atoms with Crippen LogP contribution in [0, 0.1) is 0 Å². The molecule has 1 aromatic heterocycles. The maximum atomic E-state index is 12.8. The van der Waals surface area contributed by atoms with Crippen molar-refractivity contribution in [1.82, 2.24) is 4.98 Å². The van der Waals surface area contributed by atoms with Crippen LogP contribution in [0.15, 0.2) is 5.38 Å². The molecule has 2 rings (SSSR count). The number of hydrogen-bond acceptors (Lipinski definition) is 3. The van der Waals surface area contributed by atoms with Gasteiger partial charge in [-0.25, -0.2) is 9.37 Å². The van der Waals surface area contributed by atoms with Gasteiger partial charge in [0.15, 0.2) is 5.13 Å². The van der Waals surface area contributed by atoms with Gasteiger partial charge in [0.25, 0.3) is 0 Å². The van der Waals surface area contributed by atoms with Crippen molar-refractivity contribution in [3.63, 3.8) is 0 Å². The summed E-state index contributed by atoms with van der Waals surface area (Å²) in [6.45, 7) is 0. The van der Waals surface area contributed by atoms with E-state index in [2.05, 4.69) is 4.98 Å². The van der Waals surface area contributed by atoms with E-state index in [1.54, 1.807) is 0 Å². The molecule has 1 heterocycles. The van der Waals surface area contributed by atoms with Crippen molar-refractivity contribution < 1.29 is 4.39 Å². The van der Waals surface area contributed by atoms with Crippen LogP contribution in [0.1, 0.15) is 30.9 Å². The predicted molar refractivity (Wildman–Crippen MR) is 48.0 cm³/mol. The molecule has 4 heteroatoms. The maximum absolute atomic E-state index is 12.8. The Balaban J connectivity index is 2.11. The van der Waals surface area contributed by atoms with Crippen molar-refractivity contribution in [2.24, 2.45) is 0 Å². The Kier molecular flexibility index (Phi) is 2.00. The summed E-state index contributed by atoms with van der Waals surface area (Å²) in [5, 5.41) is 2.53. The van der Waals surface area contributed by atoms with E-state index < -0.39 is 6.17 Å². The minimum Gasteiger partial charge on any atom is -0.375 e. The molecule has 66 valence electrons. The molecule has 1 saturated carbocycles. The van der Waals surface area contributed by atoms with E-state index in [4.69, 9.17) is 5.73 Å². The third-order valence-electron chi connectivity index (χ3n) is 2.33. The zero-order valence-electron chi connectivity index (χ0n) is 6.66. The second-order valence-corrected chi connectivity index (χ2v) is 4.11. The fourth-order valence-corrected chi connectivity index (χ4v) is 2.33. The number of rotatable bonds is 1. The molecule has 0 spiro atoms. The third kappa shape index (κ3) is 1.43. The normalized spacial score (nSPS) is 29.4. The van der Waals surface area contributed by atoms with Gasteiger partial charge in [-0.2, -0.15) is 0 Å². The number of hydrogen-bond donors (Lipinski definition) is 1. The van der Waals surface area contributed by atoms with E-state index in [1.807, 2.05) is 5.38 Å². The van der Waals surface area contributed by atoms with Crippen LogP contribution >= 0.6 is 11.3 Å². The lowest BCUT2D eigenvalue weighted by Crippen LogP contribution is -1.95. The van der Waals surface area contributed by atoms with Crippen LogP contribution in [-0.2, 0) is 0 Å². The SMILES string of the molecule is Nc1nc(C2CCC(F)C2)cs1. The monoisotopic (exact) mass is 186 g/mol. The zero-order valence-corrected chi connectivity index (χ0v) is 7.48. The summed E-state index contributed by atoms with van der Waals surface area (Å²) in [5.41, 5.74) is 6.48. The van der Waals surface area contributed by atoms with Crippen molar-refractivity contribution in [1.29, 1.82) is 0 Å². The second kappa shape index (κ2) is 3.01. The van der Waals surface area contributed by atoms with E-state index in [1.165, 1.54) is 11.3 Å². The molecule has 2 atom stereocenters. The highest BCUT2D eigenvalue weighted by Crippen LogP contribution is 2.36. The molecule has 0 amide bonds. The Bertz CT molecular complexity index is 274. The third-order valence-corrected chi connectivity index (χ3v) is 3.02. The number of nitrogen functional groups attached to an aromatic ring is 1. The van der Waals surface area contributed by atoms with Crippen LogP contribution in [0.25, 0.3) is 0 Å². The van der Waals surface area contributed by atoms with Gasteiger partial charge in [0.1, 0.15) is 6.17 Å². The lowest BCUT2D eigenvalue weighted by atomic mass is 10.1. The van der Waals surface area contributed by atoms with Gasteiger partial charge < -0.3 is 5.73 Å². The quantitative estimate of drug-likeness (QED) is 0.731. The molecule has 0 radical (unpaired) electrons. The van der Waals surface area contributed by atoms with Gasteiger partial charge in [0.2, 0.25) is 0 Å². The van der Waals surface area contributed by atoms with Crippen LogP contribution in [-0.4, -0.2) is 11.2 Å². The number of alkyl halides is 1. The highest BCUT2D eigenvalue weighted by molar-refractivity contribution is 7.13. The summed E-state index contributed by atoms with van der Waals surface area (Å²) in [7, 11) is 0. The Morgan fingerprint density at radius 3 is 2.92 bits per heavy atom. The summed E-state index contributed by atoms with van der Waals surface area (Å²) in [6.07, 6.45) is 1.60. The zero-order chi connectivity index (χ0) is 8.55. The molecule has 0 saturated heterocycles. The second-order valence-electron chi connectivity index (χ2n) is 3.22. The first-order chi connectivity index (χ1) is 5.75. The Hall–Kier alpha value is -0.640. The van der Waals surface area contributed by atoms with Gasteiger partial charge in [0, 0.05) is 11.3 Å². The first kappa shape index (κ1) is 7.98. The average Bonchev–Trinajstić information content (AvgIpc) is 2.58. The van der Waals surface area contributed by atoms with Crippen molar-refractivity contribution in [3.05, 3.63) is 11.1 Å². The Morgan fingerprint density at radius 1 is 1.58 bits per heavy atom. The highest BCUT2D eigenvalue weighted by atomic mass is 32.1. The smallest absolute Gasteiger partial charge is 0.180 e. The number of nitrogens with zero attached hydrogens (tertiary/aromatic N) is 1. The molecule has 2 unspecified atom stereocenters. The Labute approximate surface area is 74.6 Å². The summed E-state index contributed by atoms with van der Waals surface area (Å²) in [4.78, 5) is 4.16. The molecule has 0 bridgehead atoms. The molecular formula is C8H11FN2S. The number of nitrogens with two attached hydrogens (primary N) is 1. The van der Waals surface area contributed by atoms with Crippen LogP contribution in [0.2, 0.25) is 0 Å². The number of halogens is 1. The molecule has 0 aromatic carbocycles. The van der Waals surface area contributed by atoms with Crippen molar-refractivity contribution in [2.75, 3.05) is 5.73 Å².